The van der Waals surface area contributed by atoms with Crippen LogP contribution in [0.15, 0.2) is 52.1 Å². The van der Waals surface area contributed by atoms with Crippen molar-refractivity contribution >= 4 is 36.8 Å². The fraction of sp³-hybridized carbons (Fsp3) is 0.0714. The summed E-state index contributed by atoms with van der Waals surface area (Å²) >= 11 is 3.40. The number of nitrogens with zero attached hydrogens (tertiary/aromatic N) is 1. The average Bonchev–Trinajstić information content (AvgIpc) is 2.81. The lowest BCUT2D eigenvalue weighted by Gasteiger charge is -2.03. The molecule has 4 nitrogen and oxygen atoms in total. The highest BCUT2D eigenvalue weighted by Gasteiger charge is 2.11. The van der Waals surface area contributed by atoms with Crippen molar-refractivity contribution in [3.05, 3.63) is 47.2 Å². The Balaban J connectivity index is 2.23. The zero-order valence-electron chi connectivity index (χ0n) is 10.6. The van der Waals surface area contributed by atoms with Crippen LogP contribution in [-0.2, 0) is 9.84 Å². The topological polar surface area (TPSA) is 62.8 Å². The molecule has 0 bridgehead atoms. The van der Waals surface area contributed by atoms with Crippen LogP contribution in [0.4, 0.5) is 0 Å². The molecule has 0 aliphatic heterocycles. The molecule has 1 aromatic carbocycles. The fourth-order valence-electron chi connectivity index (χ4n) is 2.11. The Kier molecular flexibility index (Phi) is 3.14. The van der Waals surface area contributed by atoms with Gasteiger partial charge in [0.05, 0.1) is 4.90 Å². The number of hydrogen-bond donors (Lipinski definition) is 1. The molecular weight excluding hydrogens is 340 g/mol. The van der Waals surface area contributed by atoms with Gasteiger partial charge in [0.1, 0.15) is 5.65 Å². The number of H-pyrrole nitrogens is 1. The molecule has 0 atom stereocenters. The Hall–Kier alpha value is -1.66. The summed E-state index contributed by atoms with van der Waals surface area (Å²) < 4.78 is 24.2. The number of sulfone groups is 1. The van der Waals surface area contributed by atoms with E-state index in [-0.39, 0.29) is 0 Å². The van der Waals surface area contributed by atoms with E-state index in [0.29, 0.717) is 4.90 Å². The maximum atomic E-state index is 11.6. The molecule has 0 aliphatic carbocycles. The second-order valence-electron chi connectivity index (χ2n) is 4.55. The summed E-state index contributed by atoms with van der Waals surface area (Å²) in [5.41, 5.74) is 2.55. The van der Waals surface area contributed by atoms with E-state index in [1.165, 1.54) is 6.26 Å². The molecular formula is C14H11BrN2O2S. The lowest BCUT2D eigenvalue weighted by molar-refractivity contribution is 0.602. The molecule has 1 N–H and O–H groups in total. The van der Waals surface area contributed by atoms with Crippen LogP contribution in [-0.4, -0.2) is 24.6 Å². The third kappa shape index (κ3) is 2.36. The van der Waals surface area contributed by atoms with Gasteiger partial charge >= 0.3 is 0 Å². The first-order valence-corrected chi connectivity index (χ1v) is 8.57. The van der Waals surface area contributed by atoms with E-state index in [9.17, 15) is 8.42 Å². The molecule has 0 saturated carbocycles. The van der Waals surface area contributed by atoms with E-state index in [4.69, 9.17) is 0 Å². The predicted octanol–water partition coefficient (Wildman–Crippen LogP) is 3.40. The van der Waals surface area contributed by atoms with E-state index >= 15 is 0 Å². The molecule has 0 radical (unpaired) electrons. The van der Waals surface area contributed by atoms with Crippen LogP contribution in [0.2, 0.25) is 0 Å². The van der Waals surface area contributed by atoms with E-state index < -0.39 is 9.84 Å². The number of halogens is 1. The minimum absolute atomic E-state index is 0.312. The molecule has 20 heavy (non-hydrogen) atoms. The predicted molar refractivity (Wildman–Crippen MR) is 82.3 cm³/mol. The minimum Gasteiger partial charge on any atom is -0.346 e. The molecule has 2 aromatic heterocycles. The Morgan fingerprint density at radius 1 is 1.25 bits per heavy atom. The third-order valence-electron chi connectivity index (χ3n) is 3.07. The smallest absolute Gasteiger partial charge is 0.175 e. The van der Waals surface area contributed by atoms with Gasteiger partial charge in [-0.3, -0.25) is 0 Å². The number of benzene rings is 1. The SMILES string of the molecule is CS(=O)(=O)c1cccc(-c2c[nH]c3ncc(Br)cc23)c1. The highest BCUT2D eigenvalue weighted by molar-refractivity contribution is 9.10. The summed E-state index contributed by atoms with van der Waals surface area (Å²) in [7, 11) is -3.21. The van der Waals surface area contributed by atoms with E-state index in [1.54, 1.807) is 24.4 Å². The van der Waals surface area contributed by atoms with Crippen molar-refractivity contribution in [2.45, 2.75) is 4.90 Å². The molecule has 3 rings (SSSR count). The van der Waals surface area contributed by atoms with Gasteiger partial charge in [0, 0.05) is 34.1 Å². The lowest BCUT2D eigenvalue weighted by atomic mass is 10.1. The minimum atomic E-state index is -3.21. The van der Waals surface area contributed by atoms with Crippen molar-refractivity contribution in [3.63, 3.8) is 0 Å². The Labute approximate surface area is 124 Å². The van der Waals surface area contributed by atoms with Crippen molar-refractivity contribution < 1.29 is 8.42 Å². The monoisotopic (exact) mass is 350 g/mol. The summed E-state index contributed by atoms with van der Waals surface area (Å²) in [5, 5.41) is 0.949. The van der Waals surface area contributed by atoms with Crippen LogP contribution in [0.25, 0.3) is 22.2 Å². The van der Waals surface area contributed by atoms with Crippen molar-refractivity contribution in [1.82, 2.24) is 9.97 Å². The Bertz CT molecular complexity index is 900. The average molecular weight is 351 g/mol. The zero-order chi connectivity index (χ0) is 14.3. The first-order valence-electron chi connectivity index (χ1n) is 5.88. The number of fused-ring (bicyclic) bond motifs is 1. The van der Waals surface area contributed by atoms with Crippen LogP contribution in [0.1, 0.15) is 0 Å². The number of aromatic amines is 1. The van der Waals surface area contributed by atoms with Gasteiger partial charge in [-0.15, -0.1) is 0 Å². The second kappa shape index (κ2) is 4.71. The van der Waals surface area contributed by atoms with Crippen LogP contribution >= 0.6 is 15.9 Å². The molecule has 3 aromatic rings. The normalized spacial score (nSPS) is 11.9. The number of aromatic nitrogens is 2. The first-order chi connectivity index (χ1) is 9.45. The summed E-state index contributed by atoms with van der Waals surface area (Å²) in [6.07, 6.45) is 4.76. The second-order valence-corrected chi connectivity index (χ2v) is 7.48. The van der Waals surface area contributed by atoms with Crippen molar-refractivity contribution in [2.24, 2.45) is 0 Å². The lowest BCUT2D eigenvalue weighted by Crippen LogP contribution is -1.96. The van der Waals surface area contributed by atoms with Gasteiger partial charge in [0.15, 0.2) is 9.84 Å². The molecule has 6 heteroatoms. The van der Waals surface area contributed by atoms with Crippen LogP contribution in [0.3, 0.4) is 0 Å². The highest BCUT2D eigenvalue weighted by Crippen LogP contribution is 2.30. The largest absolute Gasteiger partial charge is 0.346 e. The number of rotatable bonds is 2. The number of pyridine rings is 1. The zero-order valence-corrected chi connectivity index (χ0v) is 13.0. The van der Waals surface area contributed by atoms with Gasteiger partial charge in [-0.05, 0) is 39.7 Å². The van der Waals surface area contributed by atoms with Crippen molar-refractivity contribution in [2.75, 3.05) is 6.26 Å². The van der Waals surface area contributed by atoms with E-state index in [2.05, 4.69) is 25.9 Å². The van der Waals surface area contributed by atoms with E-state index in [0.717, 1.165) is 26.6 Å². The molecule has 0 amide bonds. The molecule has 0 unspecified atom stereocenters. The van der Waals surface area contributed by atoms with Gasteiger partial charge in [-0.1, -0.05) is 12.1 Å². The van der Waals surface area contributed by atoms with Gasteiger partial charge in [0.25, 0.3) is 0 Å². The van der Waals surface area contributed by atoms with Gasteiger partial charge in [-0.2, -0.15) is 0 Å². The van der Waals surface area contributed by atoms with Crippen LogP contribution in [0.5, 0.6) is 0 Å². The van der Waals surface area contributed by atoms with Gasteiger partial charge < -0.3 is 4.98 Å². The molecule has 0 saturated heterocycles. The Morgan fingerprint density at radius 3 is 2.80 bits per heavy atom. The standard InChI is InChI=1S/C14H11BrN2O2S/c1-20(18,19)11-4-2-3-9(5-11)13-8-17-14-12(13)6-10(15)7-16-14/h2-8H,1H3,(H,16,17). The quantitative estimate of drug-likeness (QED) is 0.770. The van der Waals surface area contributed by atoms with Crippen LogP contribution < -0.4 is 0 Å². The molecule has 102 valence electrons. The fourth-order valence-corrected chi connectivity index (χ4v) is 3.11. The summed E-state index contributed by atoms with van der Waals surface area (Å²) in [6.45, 7) is 0. The van der Waals surface area contributed by atoms with Crippen LogP contribution in [0, 0.1) is 0 Å². The van der Waals surface area contributed by atoms with Gasteiger partial charge in [-0.25, -0.2) is 13.4 Å². The maximum Gasteiger partial charge on any atom is 0.175 e. The summed E-state index contributed by atoms with van der Waals surface area (Å²) in [6, 6.07) is 8.87. The third-order valence-corrected chi connectivity index (χ3v) is 4.61. The number of hydrogen-bond acceptors (Lipinski definition) is 3. The molecule has 0 spiro atoms. The van der Waals surface area contributed by atoms with E-state index in [1.807, 2.05) is 18.3 Å². The molecule has 0 aliphatic rings. The molecule has 2 heterocycles. The van der Waals surface area contributed by atoms with Crippen molar-refractivity contribution in [1.29, 1.82) is 0 Å². The number of nitrogens with one attached hydrogen (secondary N) is 1. The Morgan fingerprint density at radius 2 is 2.05 bits per heavy atom. The molecule has 0 fully saturated rings. The summed E-state index contributed by atoms with van der Waals surface area (Å²) in [5.74, 6) is 0. The van der Waals surface area contributed by atoms with Gasteiger partial charge in [0.2, 0.25) is 0 Å². The first kappa shape index (κ1) is 13.3. The highest BCUT2D eigenvalue weighted by atomic mass is 79.9. The maximum absolute atomic E-state index is 11.6. The summed E-state index contributed by atoms with van der Waals surface area (Å²) in [4.78, 5) is 7.68. The van der Waals surface area contributed by atoms with Crippen molar-refractivity contribution in [3.8, 4) is 11.1 Å².